The van der Waals surface area contributed by atoms with E-state index in [2.05, 4.69) is 25.9 Å². The fraction of sp³-hybridized carbons (Fsp3) is 0.273. The van der Waals surface area contributed by atoms with Crippen LogP contribution in [0.5, 0.6) is 0 Å². The second-order valence-corrected chi connectivity index (χ2v) is 6.02. The van der Waals surface area contributed by atoms with Gasteiger partial charge in [-0.25, -0.2) is 4.98 Å². The van der Waals surface area contributed by atoms with E-state index < -0.39 is 0 Å². The van der Waals surface area contributed by atoms with E-state index in [0.717, 1.165) is 8.66 Å². The summed E-state index contributed by atoms with van der Waals surface area (Å²) in [4.78, 5) is 19.8. The van der Waals surface area contributed by atoms with Crippen molar-refractivity contribution in [2.75, 3.05) is 6.61 Å². The van der Waals surface area contributed by atoms with Gasteiger partial charge in [0.2, 0.25) is 0 Å². The summed E-state index contributed by atoms with van der Waals surface area (Å²) in [6, 6.07) is 3.81. The predicted molar refractivity (Wildman–Crippen MR) is 71.4 cm³/mol. The van der Waals surface area contributed by atoms with Crippen molar-refractivity contribution in [3.8, 4) is 10.7 Å². The van der Waals surface area contributed by atoms with Gasteiger partial charge in [-0.2, -0.15) is 0 Å². The van der Waals surface area contributed by atoms with Gasteiger partial charge in [-0.15, -0.1) is 11.3 Å². The first kappa shape index (κ1) is 12.5. The Kier molecular flexibility index (Phi) is 3.76. The normalized spacial score (nSPS) is 10.8. The Bertz CT molecular complexity index is 591. The summed E-state index contributed by atoms with van der Waals surface area (Å²) in [5.41, 5.74) is 1.04. The van der Waals surface area contributed by atoms with Gasteiger partial charge in [0.05, 0.1) is 8.66 Å². The zero-order valence-corrected chi connectivity index (χ0v) is 11.6. The summed E-state index contributed by atoms with van der Waals surface area (Å²) in [6.45, 7) is 1.74. The maximum Gasteiger partial charge on any atom is 0.254 e. The monoisotopic (exact) mass is 314 g/mol. The van der Waals surface area contributed by atoms with E-state index in [1.54, 1.807) is 6.92 Å². The molecule has 0 aromatic carbocycles. The van der Waals surface area contributed by atoms with Crippen molar-refractivity contribution in [3.05, 3.63) is 37.5 Å². The van der Waals surface area contributed by atoms with E-state index in [4.69, 9.17) is 5.11 Å². The van der Waals surface area contributed by atoms with Crippen molar-refractivity contribution >= 4 is 27.3 Å². The number of halogens is 1. The first-order chi connectivity index (χ1) is 8.11. The number of nitrogens with zero attached hydrogens (tertiary/aromatic N) is 1. The van der Waals surface area contributed by atoms with Crippen molar-refractivity contribution in [3.63, 3.8) is 0 Å². The second-order valence-electron chi connectivity index (χ2n) is 3.56. The number of rotatable bonds is 3. The highest BCUT2D eigenvalue weighted by Gasteiger charge is 2.10. The van der Waals surface area contributed by atoms with Crippen molar-refractivity contribution in [1.29, 1.82) is 0 Å². The lowest BCUT2D eigenvalue weighted by Crippen LogP contribution is -2.18. The van der Waals surface area contributed by atoms with Crippen LogP contribution in [0.4, 0.5) is 0 Å². The van der Waals surface area contributed by atoms with Crippen LogP contribution in [-0.2, 0) is 6.42 Å². The van der Waals surface area contributed by atoms with E-state index in [1.807, 2.05) is 12.1 Å². The summed E-state index contributed by atoms with van der Waals surface area (Å²) >= 11 is 4.88. The topological polar surface area (TPSA) is 66.0 Å². The minimum Gasteiger partial charge on any atom is -0.396 e. The molecule has 6 heteroatoms. The number of hydrogen-bond donors (Lipinski definition) is 2. The molecule has 0 radical (unpaired) electrons. The van der Waals surface area contributed by atoms with Gasteiger partial charge in [0, 0.05) is 24.3 Å². The summed E-state index contributed by atoms with van der Waals surface area (Å²) in [7, 11) is 0. The van der Waals surface area contributed by atoms with E-state index in [-0.39, 0.29) is 12.2 Å². The van der Waals surface area contributed by atoms with Crippen LogP contribution in [0.2, 0.25) is 0 Å². The number of hydrogen-bond acceptors (Lipinski definition) is 4. The van der Waals surface area contributed by atoms with Crippen LogP contribution in [0.1, 0.15) is 11.3 Å². The SMILES string of the molecule is Cc1nc(-c2ccc(Br)s2)[nH]c(=O)c1CCO. The molecule has 0 aliphatic rings. The number of nitrogens with one attached hydrogen (secondary N) is 1. The Morgan fingerprint density at radius 2 is 2.29 bits per heavy atom. The maximum absolute atomic E-state index is 11.8. The van der Waals surface area contributed by atoms with Gasteiger partial charge >= 0.3 is 0 Å². The highest BCUT2D eigenvalue weighted by atomic mass is 79.9. The average Bonchev–Trinajstić information content (AvgIpc) is 2.70. The van der Waals surface area contributed by atoms with Crippen LogP contribution >= 0.6 is 27.3 Å². The molecule has 2 N–H and O–H groups in total. The van der Waals surface area contributed by atoms with Gasteiger partial charge in [-0.1, -0.05) is 0 Å². The first-order valence-electron chi connectivity index (χ1n) is 5.08. The molecule has 2 heterocycles. The molecule has 4 nitrogen and oxygen atoms in total. The molecule has 0 bridgehead atoms. The molecule has 0 amide bonds. The second kappa shape index (κ2) is 5.12. The smallest absolute Gasteiger partial charge is 0.254 e. The lowest BCUT2D eigenvalue weighted by atomic mass is 10.2. The number of H-pyrrole nitrogens is 1. The summed E-state index contributed by atoms with van der Waals surface area (Å²) < 4.78 is 0.993. The molecule has 2 rings (SSSR count). The molecule has 0 atom stereocenters. The third-order valence-corrected chi connectivity index (χ3v) is 4.02. The standard InChI is InChI=1S/C11H11BrN2O2S/c1-6-7(4-5-15)11(16)14-10(13-6)8-2-3-9(12)17-8/h2-3,15H,4-5H2,1H3,(H,13,14,16). The van der Waals surface area contributed by atoms with Gasteiger partial charge in [0.25, 0.3) is 5.56 Å². The van der Waals surface area contributed by atoms with E-state index in [9.17, 15) is 4.79 Å². The molecule has 0 spiro atoms. The van der Waals surface area contributed by atoms with Gasteiger partial charge in [0.1, 0.15) is 0 Å². The lowest BCUT2D eigenvalue weighted by Gasteiger charge is -2.04. The lowest BCUT2D eigenvalue weighted by molar-refractivity contribution is 0.298. The molecular weight excluding hydrogens is 304 g/mol. The summed E-state index contributed by atoms with van der Waals surface area (Å²) in [5.74, 6) is 0.574. The Balaban J connectivity index is 2.49. The fourth-order valence-electron chi connectivity index (χ4n) is 1.57. The number of thiophene rings is 1. The minimum absolute atomic E-state index is 0.0461. The third-order valence-electron chi connectivity index (χ3n) is 2.39. The molecule has 0 saturated heterocycles. The zero-order chi connectivity index (χ0) is 12.4. The molecule has 17 heavy (non-hydrogen) atoms. The van der Waals surface area contributed by atoms with E-state index in [0.29, 0.717) is 23.5 Å². The van der Waals surface area contributed by atoms with Crippen LogP contribution in [0.25, 0.3) is 10.7 Å². The van der Waals surface area contributed by atoms with Crippen LogP contribution in [0.3, 0.4) is 0 Å². The molecule has 0 unspecified atom stereocenters. The molecular formula is C11H11BrN2O2S. The molecule has 0 aliphatic heterocycles. The average molecular weight is 315 g/mol. The van der Waals surface area contributed by atoms with Gasteiger partial charge < -0.3 is 10.1 Å². The predicted octanol–water partition coefficient (Wildman–Crippen LogP) is 2.10. The summed E-state index contributed by atoms with van der Waals surface area (Å²) in [6.07, 6.45) is 0.336. The number of aliphatic hydroxyl groups is 1. The van der Waals surface area contributed by atoms with Gasteiger partial charge in [-0.05, 0) is 35.0 Å². The highest BCUT2D eigenvalue weighted by molar-refractivity contribution is 9.11. The number of aromatic amines is 1. The van der Waals surface area contributed by atoms with Crippen molar-refractivity contribution in [1.82, 2.24) is 9.97 Å². The maximum atomic E-state index is 11.8. The van der Waals surface area contributed by atoms with Crippen LogP contribution in [0, 0.1) is 6.92 Å². The van der Waals surface area contributed by atoms with Crippen LogP contribution in [-0.4, -0.2) is 21.7 Å². The molecule has 90 valence electrons. The highest BCUT2D eigenvalue weighted by Crippen LogP contribution is 2.28. The van der Waals surface area contributed by atoms with E-state index in [1.165, 1.54) is 11.3 Å². The van der Waals surface area contributed by atoms with Gasteiger partial charge in [0.15, 0.2) is 5.82 Å². The molecule has 2 aromatic rings. The minimum atomic E-state index is -0.175. The van der Waals surface area contributed by atoms with Crippen molar-refractivity contribution in [2.24, 2.45) is 0 Å². The van der Waals surface area contributed by atoms with Crippen molar-refractivity contribution in [2.45, 2.75) is 13.3 Å². The number of aliphatic hydroxyl groups excluding tert-OH is 1. The quantitative estimate of drug-likeness (QED) is 0.911. The largest absolute Gasteiger partial charge is 0.396 e. The summed E-state index contributed by atoms with van der Waals surface area (Å²) in [5, 5.41) is 8.87. The Morgan fingerprint density at radius 1 is 1.53 bits per heavy atom. The van der Waals surface area contributed by atoms with Crippen LogP contribution in [0.15, 0.2) is 20.7 Å². The zero-order valence-electron chi connectivity index (χ0n) is 9.16. The molecule has 2 aromatic heterocycles. The molecule has 0 fully saturated rings. The Hall–Kier alpha value is -0.980. The number of aryl methyl sites for hydroxylation is 1. The van der Waals surface area contributed by atoms with Crippen molar-refractivity contribution < 1.29 is 5.11 Å². The van der Waals surface area contributed by atoms with Gasteiger partial charge in [-0.3, -0.25) is 4.79 Å². The molecule has 0 saturated carbocycles. The Labute approximate surface area is 110 Å². The van der Waals surface area contributed by atoms with Crippen LogP contribution < -0.4 is 5.56 Å². The molecule has 0 aliphatic carbocycles. The third kappa shape index (κ3) is 2.65. The fourth-order valence-corrected chi connectivity index (χ4v) is 2.91. The number of aromatic nitrogens is 2. The first-order valence-corrected chi connectivity index (χ1v) is 6.69. The van der Waals surface area contributed by atoms with E-state index >= 15 is 0 Å². The Morgan fingerprint density at radius 3 is 2.82 bits per heavy atom.